The fourth-order valence-corrected chi connectivity index (χ4v) is 2.51. The Kier molecular flexibility index (Phi) is 5.32. The number of allylic oxidation sites excluding steroid dienone is 3. The predicted molar refractivity (Wildman–Crippen MR) is 82.6 cm³/mol. The second-order valence-corrected chi connectivity index (χ2v) is 5.08. The minimum absolute atomic E-state index is 0.0831. The van der Waals surface area contributed by atoms with E-state index in [1.165, 1.54) is 6.08 Å². The van der Waals surface area contributed by atoms with Gasteiger partial charge in [-0.3, -0.25) is 4.79 Å². The number of aromatic nitrogens is 2. The zero-order valence-corrected chi connectivity index (χ0v) is 12.1. The Morgan fingerprint density at radius 1 is 1.50 bits per heavy atom. The van der Waals surface area contributed by atoms with Gasteiger partial charge >= 0.3 is 0 Å². The van der Waals surface area contributed by atoms with Gasteiger partial charge in [0.25, 0.3) is 0 Å². The molecule has 0 aliphatic carbocycles. The van der Waals surface area contributed by atoms with Crippen molar-refractivity contribution in [3.8, 4) is 10.6 Å². The molecule has 2 aromatic heterocycles. The number of hydrogen-bond donors (Lipinski definition) is 2. The second kappa shape index (κ2) is 7.45. The molecule has 1 amide bonds. The number of rotatable bonds is 6. The molecule has 0 radical (unpaired) electrons. The maximum Gasteiger partial charge on any atom is 0.243 e. The SMILES string of the molecule is C/C=C/C=C/C(=O)NCCc1[nH]cnc1-c1cccs1. The van der Waals surface area contributed by atoms with Crippen LogP contribution in [0.15, 0.2) is 48.1 Å². The number of carbonyl (C=O) groups excluding carboxylic acids is 1. The van der Waals surface area contributed by atoms with E-state index in [2.05, 4.69) is 15.3 Å². The van der Waals surface area contributed by atoms with Gasteiger partial charge in [-0.2, -0.15) is 0 Å². The molecule has 4 nitrogen and oxygen atoms in total. The number of amides is 1. The number of aromatic amines is 1. The highest BCUT2D eigenvalue weighted by atomic mass is 32.1. The van der Waals surface area contributed by atoms with Crippen molar-refractivity contribution in [3.63, 3.8) is 0 Å². The van der Waals surface area contributed by atoms with Gasteiger partial charge in [-0.05, 0) is 18.4 Å². The Bertz CT molecular complexity index is 596. The molecule has 5 heteroatoms. The number of hydrogen-bond acceptors (Lipinski definition) is 3. The first-order valence-corrected chi connectivity index (χ1v) is 7.32. The highest BCUT2D eigenvalue weighted by Crippen LogP contribution is 2.25. The quantitative estimate of drug-likeness (QED) is 0.634. The lowest BCUT2D eigenvalue weighted by molar-refractivity contribution is -0.116. The molecular formula is C15H17N3OS. The standard InChI is InChI=1S/C15H17N3OS/c1-2-3-4-7-14(19)16-9-8-12-15(18-11-17-12)13-6-5-10-20-13/h2-7,10-11H,8-9H2,1H3,(H,16,19)(H,17,18)/b3-2+,7-4+. The summed E-state index contributed by atoms with van der Waals surface area (Å²) in [5, 5.41) is 4.88. The first-order valence-electron chi connectivity index (χ1n) is 6.44. The topological polar surface area (TPSA) is 57.8 Å². The maximum atomic E-state index is 11.5. The van der Waals surface area contributed by atoms with Crippen molar-refractivity contribution in [3.05, 3.63) is 53.8 Å². The fraction of sp³-hybridized carbons (Fsp3) is 0.200. The van der Waals surface area contributed by atoms with Gasteiger partial charge in [0.1, 0.15) is 5.69 Å². The van der Waals surface area contributed by atoms with Gasteiger partial charge in [0, 0.05) is 24.7 Å². The molecule has 0 saturated carbocycles. The summed E-state index contributed by atoms with van der Waals surface area (Å²) in [7, 11) is 0. The molecule has 2 rings (SSSR count). The molecule has 0 spiro atoms. The van der Waals surface area contributed by atoms with Gasteiger partial charge in [-0.1, -0.05) is 24.3 Å². The largest absolute Gasteiger partial charge is 0.352 e. The van der Waals surface area contributed by atoms with Crippen molar-refractivity contribution in [1.82, 2.24) is 15.3 Å². The molecule has 0 fully saturated rings. The monoisotopic (exact) mass is 287 g/mol. The molecule has 0 unspecified atom stereocenters. The molecule has 2 N–H and O–H groups in total. The van der Waals surface area contributed by atoms with E-state index in [0.29, 0.717) is 6.54 Å². The zero-order chi connectivity index (χ0) is 14.2. The average Bonchev–Trinajstić information content (AvgIpc) is 3.09. The lowest BCUT2D eigenvalue weighted by atomic mass is 10.2. The lowest BCUT2D eigenvalue weighted by Crippen LogP contribution is -2.23. The number of thiophene rings is 1. The summed E-state index contributed by atoms with van der Waals surface area (Å²) in [6.07, 6.45) is 9.37. The van der Waals surface area contributed by atoms with Crippen molar-refractivity contribution < 1.29 is 4.79 Å². The van der Waals surface area contributed by atoms with E-state index < -0.39 is 0 Å². The summed E-state index contributed by atoms with van der Waals surface area (Å²) in [6.45, 7) is 2.49. The maximum absolute atomic E-state index is 11.5. The molecule has 0 bridgehead atoms. The van der Waals surface area contributed by atoms with Crippen molar-refractivity contribution in [1.29, 1.82) is 0 Å². The van der Waals surface area contributed by atoms with E-state index in [-0.39, 0.29) is 5.91 Å². The minimum Gasteiger partial charge on any atom is -0.352 e. The van der Waals surface area contributed by atoms with Crippen LogP contribution in [0.3, 0.4) is 0 Å². The zero-order valence-electron chi connectivity index (χ0n) is 11.3. The van der Waals surface area contributed by atoms with Crippen LogP contribution in [0, 0.1) is 0 Å². The molecule has 0 aromatic carbocycles. The average molecular weight is 287 g/mol. The minimum atomic E-state index is -0.0831. The van der Waals surface area contributed by atoms with E-state index >= 15 is 0 Å². The molecule has 0 saturated heterocycles. The van der Waals surface area contributed by atoms with E-state index in [4.69, 9.17) is 0 Å². The summed E-state index contributed by atoms with van der Waals surface area (Å²) in [6, 6.07) is 4.05. The van der Waals surface area contributed by atoms with Crippen LogP contribution >= 0.6 is 11.3 Å². The molecule has 20 heavy (non-hydrogen) atoms. The Morgan fingerprint density at radius 2 is 2.40 bits per heavy atom. The van der Waals surface area contributed by atoms with Crippen LogP contribution in [0.5, 0.6) is 0 Å². The van der Waals surface area contributed by atoms with Crippen LogP contribution in [0.1, 0.15) is 12.6 Å². The van der Waals surface area contributed by atoms with Crippen LogP contribution < -0.4 is 5.32 Å². The smallest absolute Gasteiger partial charge is 0.243 e. The van der Waals surface area contributed by atoms with Crippen LogP contribution in [-0.4, -0.2) is 22.4 Å². The Hall–Kier alpha value is -2.14. The third-order valence-electron chi connectivity index (χ3n) is 2.70. The van der Waals surface area contributed by atoms with E-state index in [1.54, 1.807) is 23.7 Å². The summed E-state index contributed by atoms with van der Waals surface area (Å²) >= 11 is 1.66. The van der Waals surface area contributed by atoms with Gasteiger partial charge in [0.15, 0.2) is 0 Å². The van der Waals surface area contributed by atoms with Crippen molar-refractivity contribution >= 4 is 17.2 Å². The fourth-order valence-electron chi connectivity index (χ4n) is 1.76. The molecule has 0 aliphatic rings. The molecule has 0 aliphatic heterocycles. The second-order valence-electron chi connectivity index (χ2n) is 4.13. The highest BCUT2D eigenvalue weighted by molar-refractivity contribution is 7.13. The first kappa shape index (κ1) is 14.3. The van der Waals surface area contributed by atoms with Crippen LogP contribution in [0.25, 0.3) is 10.6 Å². The molecule has 104 valence electrons. The van der Waals surface area contributed by atoms with Crippen LogP contribution in [-0.2, 0) is 11.2 Å². The number of carbonyl (C=O) groups is 1. The summed E-state index contributed by atoms with van der Waals surface area (Å²) < 4.78 is 0. The highest BCUT2D eigenvalue weighted by Gasteiger charge is 2.08. The van der Waals surface area contributed by atoms with E-state index in [9.17, 15) is 4.79 Å². The molecule has 2 aromatic rings. The third-order valence-corrected chi connectivity index (χ3v) is 3.57. The van der Waals surface area contributed by atoms with Gasteiger partial charge in [-0.25, -0.2) is 4.98 Å². The molecular weight excluding hydrogens is 270 g/mol. The Morgan fingerprint density at radius 3 is 3.15 bits per heavy atom. The molecule has 2 heterocycles. The van der Waals surface area contributed by atoms with Crippen molar-refractivity contribution in [2.75, 3.05) is 6.54 Å². The summed E-state index contributed by atoms with van der Waals surface area (Å²) in [5.41, 5.74) is 2.02. The van der Waals surface area contributed by atoms with Gasteiger partial charge in [0.05, 0.1) is 11.2 Å². The normalized spacial score (nSPS) is 11.4. The Balaban J connectivity index is 1.86. The van der Waals surface area contributed by atoms with Gasteiger partial charge in [0.2, 0.25) is 5.91 Å². The van der Waals surface area contributed by atoms with Crippen LogP contribution in [0.4, 0.5) is 0 Å². The first-order chi connectivity index (χ1) is 9.81. The van der Waals surface area contributed by atoms with Crippen molar-refractivity contribution in [2.24, 2.45) is 0 Å². The van der Waals surface area contributed by atoms with Crippen LogP contribution in [0.2, 0.25) is 0 Å². The number of nitrogens with one attached hydrogen (secondary N) is 2. The van der Waals surface area contributed by atoms with Gasteiger partial charge < -0.3 is 10.3 Å². The summed E-state index contributed by atoms with van der Waals surface area (Å²) in [4.78, 5) is 20.1. The summed E-state index contributed by atoms with van der Waals surface area (Å²) in [5.74, 6) is -0.0831. The molecule has 0 atom stereocenters. The third kappa shape index (κ3) is 3.93. The number of H-pyrrole nitrogens is 1. The number of imidazole rings is 1. The van der Waals surface area contributed by atoms with Gasteiger partial charge in [-0.15, -0.1) is 11.3 Å². The Labute approximate surface area is 122 Å². The lowest BCUT2D eigenvalue weighted by Gasteiger charge is -2.02. The van der Waals surface area contributed by atoms with E-state index in [1.807, 2.05) is 36.6 Å². The predicted octanol–water partition coefficient (Wildman–Crippen LogP) is 2.93. The number of nitrogens with zero attached hydrogens (tertiary/aromatic N) is 1. The van der Waals surface area contributed by atoms with Crippen molar-refractivity contribution in [2.45, 2.75) is 13.3 Å². The van der Waals surface area contributed by atoms with E-state index in [0.717, 1.165) is 22.7 Å².